The predicted octanol–water partition coefficient (Wildman–Crippen LogP) is 4.36. The summed E-state index contributed by atoms with van der Waals surface area (Å²) in [4.78, 5) is 7.67. The van der Waals surface area contributed by atoms with Crippen molar-refractivity contribution < 1.29 is 4.74 Å². The zero-order chi connectivity index (χ0) is 18.1. The number of nitrogen functional groups attached to an aromatic ring is 1. The minimum Gasteiger partial charge on any atom is -0.497 e. The average molecular weight is 340 g/mol. The van der Waals surface area contributed by atoms with Crippen LogP contribution in [0.5, 0.6) is 5.75 Å². The Balaban J connectivity index is 1.97. The fourth-order valence-corrected chi connectivity index (χ4v) is 3.12. The van der Waals surface area contributed by atoms with E-state index in [0.717, 1.165) is 33.3 Å². The highest BCUT2D eigenvalue weighted by molar-refractivity contribution is 5.98. The third-order valence-electron chi connectivity index (χ3n) is 4.40. The van der Waals surface area contributed by atoms with Gasteiger partial charge in [0.1, 0.15) is 23.2 Å². The molecule has 26 heavy (non-hydrogen) atoms. The SMILES string of the molecule is COc1cccc(-c2cc(-c3c[nH]c4ccccc34)c(C#N)c(N)n2)c1. The fraction of sp³-hybridized carbons (Fsp3) is 0.0476. The minimum absolute atomic E-state index is 0.216. The van der Waals surface area contributed by atoms with Crippen molar-refractivity contribution in [3.63, 3.8) is 0 Å². The third-order valence-corrected chi connectivity index (χ3v) is 4.40. The van der Waals surface area contributed by atoms with Crippen molar-refractivity contribution in [2.45, 2.75) is 0 Å². The predicted molar refractivity (Wildman–Crippen MR) is 103 cm³/mol. The lowest BCUT2D eigenvalue weighted by Gasteiger charge is -2.10. The van der Waals surface area contributed by atoms with Gasteiger partial charge in [-0.15, -0.1) is 0 Å². The summed E-state index contributed by atoms with van der Waals surface area (Å²) in [6.07, 6.45) is 1.90. The van der Waals surface area contributed by atoms with E-state index in [2.05, 4.69) is 16.0 Å². The molecule has 2 aromatic carbocycles. The number of aromatic nitrogens is 2. The van der Waals surface area contributed by atoms with E-state index in [4.69, 9.17) is 10.5 Å². The summed E-state index contributed by atoms with van der Waals surface area (Å²) < 4.78 is 5.30. The van der Waals surface area contributed by atoms with E-state index in [9.17, 15) is 5.26 Å². The summed E-state index contributed by atoms with van der Waals surface area (Å²) in [7, 11) is 1.62. The fourth-order valence-electron chi connectivity index (χ4n) is 3.12. The molecule has 0 amide bonds. The number of nitrogens with two attached hydrogens (primary N) is 1. The summed E-state index contributed by atoms with van der Waals surface area (Å²) >= 11 is 0. The molecule has 0 saturated carbocycles. The molecule has 0 bridgehead atoms. The first-order valence-corrected chi connectivity index (χ1v) is 8.13. The second kappa shape index (κ2) is 6.26. The molecule has 0 unspecified atom stereocenters. The number of para-hydroxylation sites is 1. The minimum atomic E-state index is 0.216. The topological polar surface area (TPSA) is 87.7 Å². The van der Waals surface area contributed by atoms with Crippen LogP contribution in [0.2, 0.25) is 0 Å². The molecular formula is C21H16N4O. The van der Waals surface area contributed by atoms with Crippen molar-refractivity contribution in [1.29, 1.82) is 5.26 Å². The number of anilines is 1. The van der Waals surface area contributed by atoms with Crippen LogP contribution in [0.15, 0.2) is 60.8 Å². The maximum absolute atomic E-state index is 9.61. The number of aromatic amines is 1. The first-order chi connectivity index (χ1) is 12.7. The second-order valence-corrected chi connectivity index (χ2v) is 5.91. The number of methoxy groups -OCH3 is 1. The lowest BCUT2D eigenvalue weighted by atomic mass is 9.98. The number of rotatable bonds is 3. The van der Waals surface area contributed by atoms with Crippen LogP contribution < -0.4 is 10.5 Å². The van der Waals surface area contributed by atoms with Crippen molar-refractivity contribution in [1.82, 2.24) is 9.97 Å². The molecule has 0 aliphatic heterocycles. The van der Waals surface area contributed by atoms with Crippen LogP contribution in [0.3, 0.4) is 0 Å². The Bertz CT molecular complexity index is 1150. The van der Waals surface area contributed by atoms with Gasteiger partial charge in [0.05, 0.1) is 12.8 Å². The van der Waals surface area contributed by atoms with E-state index in [1.165, 1.54) is 0 Å². The summed E-state index contributed by atoms with van der Waals surface area (Å²) in [6, 6.07) is 19.7. The van der Waals surface area contributed by atoms with Crippen molar-refractivity contribution in [3.8, 4) is 34.2 Å². The van der Waals surface area contributed by atoms with Gasteiger partial charge in [-0.25, -0.2) is 4.98 Å². The number of pyridine rings is 1. The van der Waals surface area contributed by atoms with Gasteiger partial charge in [0.2, 0.25) is 0 Å². The number of H-pyrrole nitrogens is 1. The molecule has 5 nitrogen and oxygen atoms in total. The Morgan fingerprint density at radius 1 is 1.08 bits per heavy atom. The van der Waals surface area contributed by atoms with E-state index in [1.54, 1.807) is 7.11 Å². The smallest absolute Gasteiger partial charge is 0.142 e. The zero-order valence-electron chi connectivity index (χ0n) is 14.2. The van der Waals surface area contributed by atoms with Gasteiger partial charge >= 0.3 is 0 Å². The van der Waals surface area contributed by atoms with Crippen LogP contribution in [0.4, 0.5) is 5.82 Å². The maximum Gasteiger partial charge on any atom is 0.142 e. The van der Waals surface area contributed by atoms with Gasteiger partial charge in [0.25, 0.3) is 0 Å². The summed E-state index contributed by atoms with van der Waals surface area (Å²) in [5.41, 5.74) is 10.8. The number of ether oxygens (including phenoxy) is 1. The molecule has 0 atom stereocenters. The van der Waals surface area contributed by atoms with E-state index in [-0.39, 0.29) is 5.82 Å². The van der Waals surface area contributed by atoms with E-state index in [1.807, 2.05) is 60.8 Å². The average Bonchev–Trinajstić information content (AvgIpc) is 3.11. The van der Waals surface area contributed by atoms with Crippen LogP contribution >= 0.6 is 0 Å². The molecule has 0 radical (unpaired) electrons. The number of nitriles is 1. The molecule has 0 aliphatic rings. The highest BCUT2D eigenvalue weighted by atomic mass is 16.5. The van der Waals surface area contributed by atoms with Gasteiger partial charge in [-0.2, -0.15) is 5.26 Å². The lowest BCUT2D eigenvalue weighted by molar-refractivity contribution is 0.415. The molecule has 3 N–H and O–H groups in total. The van der Waals surface area contributed by atoms with Crippen molar-refractivity contribution in [2.24, 2.45) is 0 Å². The van der Waals surface area contributed by atoms with Gasteiger partial charge in [-0.3, -0.25) is 0 Å². The Morgan fingerprint density at radius 3 is 2.73 bits per heavy atom. The third kappa shape index (κ3) is 2.54. The van der Waals surface area contributed by atoms with Crippen LogP contribution in [0, 0.1) is 11.3 Å². The highest BCUT2D eigenvalue weighted by Gasteiger charge is 2.16. The lowest BCUT2D eigenvalue weighted by Crippen LogP contribution is -1.99. The maximum atomic E-state index is 9.61. The molecule has 4 aromatic rings. The number of benzene rings is 2. The van der Waals surface area contributed by atoms with Gasteiger partial charge in [0, 0.05) is 33.8 Å². The molecule has 4 rings (SSSR count). The first kappa shape index (κ1) is 15.7. The number of hydrogen-bond acceptors (Lipinski definition) is 4. The summed E-state index contributed by atoms with van der Waals surface area (Å²) in [5, 5.41) is 10.6. The van der Waals surface area contributed by atoms with Gasteiger partial charge in [-0.1, -0.05) is 30.3 Å². The van der Waals surface area contributed by atoms with Crippen LogP contribution in [-0.2, 0) is 0 Å². The van der Waals surface area contributed by atoms with E-state index < -0.39 is 0 Å². The standard InChI is InChI=1S/C21H16N4O/c1-26-14-6-4-5-13(9-14)20-10-16(17(11-22)21(23)25-20)18-12-24-19-8-3-2-7-15(18)19/h2-10,12,24H,1H3,(H2,23,25). The largest absolute Gasteiger partial charge is 0.497 e. The van der Waals surface area contributed by atoms with E-state index >= 15 is 0 Å². The molecule has 126 valence electrons. The Hall–Kier alpha value is -3.78. The number of nitrogens with one attached hydrogen (secondary N) is 1. The molecule has 2 aromatic heterocycles. The normalized spacial score (nSPS) is 10.6. The molecule has 5 heteroatoms. The van der Waals surface area contributed by atoms with Crippen LogP contribution in [0.1, 0.15) is 5.56 Å². The Morgan fingerprint density at radius 2 is 1.92 bits per heavy atom. The Kier molecular flexibility index (Phi) is 3.79. The zero-order valence-corrected chi connectivity index (χ0v) is 14.2. The molecule has 0 saturated heterocycles. The number of fused-ring (bicyclic) bond motifs is 1. The summed E-state index contributed by atoms with van der Waals surface area (Å²) in [5.74, 6) is 0.953. The monoisotopic (exact) mass is 340 g/mol. The number of nitrogens with zero attached hydrogens (tertiary/aromatic N) is 2. The molecule has 0 aliphatic carbocycles. The van der Waals surface area contributed by atoms with Crippen molar-refractivity contribution >= 4 is 16.7 Å². The highest BCUT2D eigenvalue weighted by Crippen LogP contribution is 2.35. The Labute approximate surface area is 150 Å². The first-order valence-electron chi connectivity index (χ1n) is 8.13. The molecule has 0 spiro atoms. The summed E-state index contributed by atoms with van der Waals surface area (Å²) in [6.45, 7) is 0. The van der Waals surface area contributed by atoms with Crippen LogP contribution in [0.25, 0.3) is 33.3 Å². The quantitative estimate of drug-likeness (QED) is 0.580. The molecule has 0 fully saturated rings. The molecule has 2 heterocycles. The van der Waals surface area contributed by atoms with Crippen molar-refractivity contribution in [2.75, 3.05) is 12.8 Å². The number of hydrogen-bond donors (Lipinski definition) is 2. The van der Waals surface area contributed by atoms with E-state index in [0.29, 0.717) is 11.3 Å². The molecular weight excluding hydrogens is 324 g/mol. The van der Waals surface area contributed by atoms with Crippen molar-refractivity contribution in [3.05, 3.63) is 66.4 Å². The van der Waals surface area contributed by atoms with Gasteiger partial charge in [-0.05, 0) is 24.3 Å². The van der Waals surface area contributed by atoms with Gasteiger partial charge in [0.15, 0.2) is 0 Å². The second-order valence-electron chi connectivity index (χ2n) is 5.91. The van der Waals surface area contributed by atoms with Crippen LogP contribution in [-0.4, -0.2) is 17.1 Å². The van der Waals surface area contributed by atoms with Gasteiger partial charge < -0.3 is 15.5 Å².